The lowest BCUT2D eigenvalue weighted by Crippen LogP contribution is -2.17. The molecule has 21 heavy (non-hydrogen) atoms. The Morgan fingerprint density at radius 3 is 2.86 bits per heavy atom. The minimum atomic E-state index is 0.285. The van der Waals surface area contributed by atoms with Gasteiger partial charge in [0.05, 0.1) is 7.11 Å². The molecule has 2 aromatic carbocycles. The highest BCUT2D eigenvalue weighted by molar-refractivity contribution is 5.83. The molecule has 3 heteroatoms. The Labute approximate surface area is 125 Å². The summed E-state index contributed by atoms with van der Waals surface area (Å²) < 4.78 is 5.26. The minimum Gasteiger partial charge on any atom is -0.497 e. The molecule has 0 saturated carbocycles. The monoisotopic (exact) mass is 280 g/mol. The van der Waals surface area contributed by atoms with E-state index < -0.39 is 0 Å². The lowest BCUT2D eigenvalue weighted by molar-refractivity contribution is 0.414. The second-order valence-electron chi connectivity index (χ2n) is 5.24. The number of hydrogen-bond donors (Lipinski definition) is 2. The number of aromatic amines is 1. The smallest absolute Gasteiger partial charge is 0.119 e. The highest BCUT2D eigenvalue weighted by Crippen LogP contribution is 2.24. The number of fused-ring (bicyclic) bond motifs is 1. The fraction of sp³-hybridized carbons (Fsp3) is 0.222. The van der Waals surface area contributed by atoms with E-state index in [1.54, 1.807) is 7.11 Å². The Balaban J connectivity index is 1.72. The van der Waals surface area contributed by atoms with E-state index in [0.29, 0.717) is 0 Å². The van der Waals surface area contributed by atoms with E-state index in [1.807, 2.05) is 12.1 Å². The SMILES string of the molecule is COc1cccc(CNC(C)c2c[nH]c3ccccc23)c1. The number of aromatic nitrogens is 1. The van der Waals surface area contributed by atoms with Crippen LogP contribution in [-0.4, -0.2) is 12.1 Å². The Bertz CT molecular complexity index is 733. The number of H-pyrrole nitrogens is 1. The van der Waals surface area contributed by atoms with Crippen molar-refractivity contribution in [2.24, 2.45) is 0 Å². The van der Waals surface area contributed by atoms with E-state index in [1.165, 1.54) is 22.0 Å². The molecule has 0 amide bonds. The molecule has 0 aliphatic rings. The maximum Gasteiger partial charge on any atom is 0.119 e. The van der Waals surface area contributed by atoms with Crippen LogP contribution in [0.4, 0.5) is 0 Å². The third-order valence-corrected chi connectivity index (χ3v) is 3.83. The number of nitrogens with one attached hydrogen (secondary N) is 2. The fourth-order valence-electron chi connectivity index (χ4n) is 2.62. The molecule has 1 unspecified atom stereocenters. The van der Waals surface area contributed by atoms with Gasteiger partial charge in [0.2, 0.25) is 0 Å². The third-order valence-electron chi connectivity index (χ3n) is 3.83. The average molecular weight is 280 g/mol. The molecular weight excluding hydrogens is 260 g/mol. The summed E-state index contributed by atoms with van der Waals surface area (Å²) >= 11 is 0. The molecule has 0 fully saturated rings. The van der Waals surface area contributed by atoms with Crippen LogP contribution in [-0.2, 0) is 6.54 Å². The number of para-hydroxylation sites is 1. The summed E-state index contributed by atoms with van der Waals surface area (Å²) in [4.78, 5) is 3.33. The van der Waals surface area contributed by atoms with Gasteiger partial charge < -0.3 is 15.0 Å². The van der Waals surface area contributed by atoms with Crippen molar-refractivity contribution in [3.8, 4) is 5.75 Å². The molecule has 0 aliphatic carbocycles. The highest BCUT2D eigenvalue weighted by Gasteiger charge is 2.10. The first-order chi connectivity index (χ1) is 10.3. The summed E-state index contributed by atoms with van der Waals surface area (Å²) in [6.45, 7) is 3.01. The highest BCUT2D eigenvalue weighted by atomic mass is 16.5. The van der Waals surface area contributed by atoms with E-state index in [0.717, 1.165) is 12.3 Å². The topological polar surface area (TPSA) is 37.0 Å². The average Bonchev–Trinajstić information content (AvgIpc) is 2.97. The molecule has 1 atom stereocenters. The maximum atomic E-state index is 5.26. The van der Waals surface area contributed by atoms with Crippen LogP contribution >= 0.6 is 0 Å². The Hall–Kier alpha value is -2.26. The van der Waals surface area contributed by atoms with Gasteiger partial charge in [-0.25, -0.2) is 0 Å². The van der Waals surface area contributed by atoms with E-state index >= 15 is 0 Å². The van der Waals surface area contributed by atoms with Crippen molar-refractivity contribution in [2.75, 3.05) is 7.11 Å². The van der Waals surface area contributed by atoms with Crippen molar-refractivity contribution in [3.05, 3.63) is 65.9 Å². The van der Waals surface area contributed by atoms with Crippen LogP contribution < -0.4 is 10.1 Å². The molecule has 1 aromatic heterocycles. The summed E-state index contributed by atoms with van der Waals surface area (Å²) in [5.74, 6) is 0.897. The summed E-state index contributed by atoms with van der Waals surface area (Å²) in [5, 5.41) is 4.85. The van der Waals surface area contributed by atoms with E-state index in [-0.39, 0.29) is 6.04 Å². The van der Waals surface area contributed by atoms with Crippen LogP contribution in [0.25, 0.3) is 10.9 Å². The molecule has 0 spiro atoms. The van der Waals surface area contributed by atoms with Crippen molar-refractivity contribution in [1.29, 1.82) is 0 Å². The van der Waals surface area contributed by atoms with Crippen LogP contribution in [0.15, 0.2) is 54.7 Å². The number of hydrogen-bond acceptors (Lipinski definition) is 2. The standard InChI is InChI=1S/C18H20N2O/c1-13(17-12-20-18-9-4-3-8-16(17)18)19-11-14-6-5-7-15(10-14)21-2/h3-10,12-13,19-20H,11H2,1-2H3. The Morgan fingerprint density at radius 2 is 2.00 bits per heavy atom. The van der Waals surface area contributed by atoms with Crippen molar-refractivity contribution in [2.45, 2.75) is 19.5 Å². The largest absolute Gasteiger partial charge is 0.497 e. The minimum absolute atomic E-state index is 0.285. The third kappa shape index (κ3) is 2.93. The van der Waals surface area contributed by atoms with Crippen LogP contribution in [0.5, 0.6) is 5.75 Å². The van der Waals surface area contributed by atoms with Gasteiger partial charge in [-0.2, -0.15) is 0 Å². The zero-order chi connectivity index (χ0) is 14.7. The van der Waals surface area contributed by atoms with Gasteiger partial charge in [-0.15, -0.1) is 0 Å². The number of benzene rings is 2. The maximum absolute atomic E-state index is 5.26. The first-order valence-electron chi connectivity index (χ1n) is 7.20. The van der Waals surface area contributed by atoms with Gasteiger partial charge in [-0.05, 0) is 36.2 Å². The van der Waals surface area contributed by atoms with Gasteiger partial charge in [0, 0.05) is 29.7 Å². The molecule has 0 radical (unpaired) electrons. The van der Waals surface area contributed by atoms with E-state index in [2.05, 4.69) is 59.8 Å². The lowest BCUT2D eigenvalue weighted by atomic mass is 10.1. The normalized spacial score (nSPS) is 12.5. The predicted molar refractivity (Wildman–Crippen MR) is 86.5 cm³/mol. The summed E-state index contributed by atoms with van der Waals surface area (Å²) in [7, 11) is 1.70. The van der Waals surface area contributed by atoms with Gasteiger partial charge in [0.1, 0.15) is 5.75 Å². The summed E-state index contributed by atoms with van der Waals surface area (Å²) in [5.41, 5.74) is 3.71. The molecular formula is C18H20N2O. The second kappa shape index (κ2) is 6.02. The van der Waals surface area contributed by atoms with Gasteiger partial charge in [-0.1, -0.05) is 30.3 Å². The Kier molecular flexibility index (Phi) is 3.93. The van der Waals surface area contributed by atoms with Gasteiger partial charge >= 0.3 is 0 Å². The molecule has 3 aromatic rings. The quantitative estimate of drug-likeness (QED) is 0.740. The van der Waals surface area contributed by atoms with Crippen LogP contribution in [0.3, 0.4) is 0 Å². The first kappa shape index (κ1) is 13.7. The predicted octanol–water partition coefficient (Wildman–Crippen LogP) is 4.03. The lowest BCUT2D eigenvalue weighted by Gasteiger charge is -2.14. The van der Waals surface area contributed by atoms with Crippen LogP contribution in [0.1, 0.15) is 24.1 Å². The summed E-state index contributed by atoms with van der Waals surface area (Å²) in [6, 6.07) is 16.8. The van der Waals surface area contributed by atoms with Crippen LogP contribution in [0, 0.1) is 0 Å². The van der Waals surface area contributed by atoms with Gasteiger partial charge in [-0.3, -0.25) is 0 Å². The van der Waals surface area contributed by atoms with Crippen LogP contribution in [0.2, 0.25) is 0 Å². The molecule has 108 valence electrons. The van der Waals surface area contributed by atoms with Crippen molar-refractivity contribution >= 4 is 10.9 Å². The molecule has 3 nitrogen and oxygen atoms in total. The molecule has 0 aliphatic heterocycles. The zero-order valence-electron chi connectivity index (χ0n) is 12.4. The Morgan fingerprint density at radius 1 is 1.14 bits per heavy atom. The van der Waals surface area contributed by atoms with Crippen molar-refractivity contribution < 1.29 is 4.74 Å². The van der Waals surface area contributed by atoms with E-state index in [9.17, 15) is 0 Å². The molecule has 1 heterocycles. The zero-order valence-corrected chi connectivity index (χ0v) is 12.4. The fourth-order valence-corrected chi connectivity index (χ4v) is 2.62. The van der Waals surface area contributed by atoms with Gasteiger partial charge in [0.15, 0.2) is 0 Å². The summed E-state index contributed by atoms with van der Waals surface area (Å²) in [6.07, 6.45) is 2.09. The second-order valence-corrected chi connectivity index (χ2v) is 5.24. The van der Waals surface area contributed by atoms with E-state index in [4.69, 9.17) is 4.74 Å². The molecule has 0 bridgehead atoms. The van der Waals surface area contributed by atoms with Crippen molar-refractivity contribution in [1.82, 2.24) is 10.3 Å². The number of ether oxygens (including phenoxy) is 1. The number of methoxy groups -OCH3 is 1. The first-order valence-corrected chi connectivity index (χ1v) is 7.20. The van der Waals surface area contributed by atoms with Gasteiger partial charge in [0.25, 0.3) is 0 Å². The molecule has 3 rings (SSSR count). The molecule has 2 N–H and O–H groups in total. The van der Waals surface area contributed by atoms with Crippen molar-refractivity contribution in [3.63, 3.8) is 0 Å². The molecule has 0 saturated heterocycles. The number of rotatable bonds is 5.